The zero-order chi connectivity index (χ0) is 13.0. The Labute approximate surface area is 111 Å². The fourth-order valence-corrected chi connectivity index (χ4v) is 3.10. The summed E-state index contributed by atoms with van der Waals surface area (Å²) < 4.78 is 0. The lowest BCUT2D eigenvalue weighted by Gasteiger charge is -2.33. The van der Waals surface area contributed by atoms with Gasteiger partial charge in [0.25, 0.3) is 0 Å². The summed E-state index contributed by atoms with van der Waals surface area (Å²) in [5.41, 5.74) is 0. The Hall–Kier alpha value is -0.830. The van der Waals surface area contributed by atoms with E-state index < -0.39 is 0 Å². The quantitative estimate of drug-likeness (QED) is 0.836. The van der Waals surface area contributed by atoms with E-state index in [1.54, 1.807) is 0 Å². The number of H-pyrrole nitrogens is 1. The Morgan fingerprint density at radius 1 is 1.33 bits per heavy atom. The first kappa shape index (κ1) is 13.6. The van der Waals surface area contributed by atoms with Gasteiger partial charge in [0.05, 0.1) is 6.04 Å². The Bertz CT molecular complexity index is 324. The summed E-state index contributed by atoms with van der Waals surface area (Å²) in [5.74, 6) is 2.87. The van der Waals surface area contributed by atoms with Crippen molar-refractivity contribution in [2.45, 2.75) is 65.0 Å². The van der Waals surface area contributed by atoms with Crippen LogP contribution in [0, 0.1) is 11.8 Å². The van der Waals surface area contributed by atoms with Gasteiger partial charge in [0.15, 0.2) is 0 Å². The highest BCUT2D eigenvalue weighted by Crippen LogP contribution is 2.31. The molecule has 0 amide bonds. The lowest BCUT2D eigenvalue weighted by molar-refractivity contribution is 0.226. The van der Waals surface area contributed by atoms with Crippen LogP contribution in [0.25, 0.3) is 0 Å². The maximum Gasteiger partial charge on any atom is 0.123 e. The van der Waals surface area contributed by atoms with Crippen LogP contribution in [-0.4, -0.2) is 16.0 Å². The van der Waals surface area contributed by atoms with Crippen molar-refractivity contribution in [2.75, 3.05) is 0 Å². The smallest absolute Gasteiger partial charge is 0.123 e. The van der Waals surface area contributed by atoms with Crippen LogP contribution in [0.2, 0.25) is 0 Å². The van der Waals surface area contributed by atoms with E-state index in [0.29, 0.717) is 12.1 Å². The monoisotopic (exact) mass is 249 g/mol. The summed E-state index contributed by atoms with van der Waals surface area (Å²) in [6.45, 7) is 6.94. The molecule has 1 saturated carbocycles. The molecule has 1 fully saturated rings. The summed E-state index contributed by atoms with van der Waals surface area (Å²) in [5, 5.41) is 3.77. The predicted molar refractivity (Wildman–Crippen MR) is 75.3 cm³/mol. The molecule has 1 atom stereocenters. The molecular weight excluding hydrogens is 222 g/mol. The van der Waals surface area contributed by atoms with Crippen molar-refractivity contribution >= 4 is 0 Å². The van der Waals surface area contributed by atoms with Gasteiger partial charge in [-0.2, -0.15) is 0 Å². The average Bonchev–Trinajstić information content (AvgIpc) is 2.90. The van der Waals surface area contributed by atoms with Crippen LogP contribution < -0.4 is 5.32 Å². The third kappa shape index (κ3) is 3.35. The first-order chi connectivity index (χ1) is 8.70. The van der Waals surface area contributed by atoms with E-state index in [2.05, 4.69) is 36.1 Å². The molecule has 1 unspecified atom stereocenters. The Balaban J connectivity index is 1.83. The molecule has 0 aromatic carbocycles. The summed E-state index contributed by atoms with van der Waals surface area (Å²) in [7, 11) is 0. The summed E-state index contributed by atoms with van der Waals surface area (Å²) in [6.07, 6.45) is 10.2. The van der Waals surface area contributed by atoms with Crippen LogP contribution in [-0.2, 0) is 0 Å². The second-order valence-electron chi connectivity index (χ2n) is 5.96. The summed E-state index contributed by atoms with van der Waals surface area (Å²) in [4.78, 5) is 7.61. The number of aromatic nitrogens is 2. The van der Waals surface area contributed by atoms with Gasteiger partial charge in [-0.1, -0.05) is 20.8 Å². The van der Waals surface area contributed by atoms with E-state index in [1.807, 2.05) is 12.4 Å². The van der Waals surface area contributed by atoms with Crippen molar-refractivity contribution in [1.82, 2.24) is 15.3 Å². The van der Waals surface area contributed by atoms with Gasteiger partial charge in [0.2, 0.25) is 0 Å². The van der Waals surface area contributed by atoms with Gasteiger partial charge in [-0.25, -0.2) is 4.98 Å². The van der Waals surface area contributed by atoms with Gasteiger partial charge < -0.3 is 10.3 Å². The predicted octanol–water partition coefficient (Wildman–Crippen LogP) is 3.67. The van der Waals surface area contributed by atoms with E-state index in [1.165, 1.54) is 25.7 Å². The molecule has 1 aliphatic rings. The lowest BCUT2D eigenvalue weighted by atomic mass is 9.79. The van der Waals surface area contributed by atoms with Crippen molar-refractivity contribution in [1.29, 1.82) is 0 Å². The van der Waals surface area contributed by atoms with Crippen molar-refractivity contribution in [2.24, 2.45) is 11.8 Å². The van der Waals surface area contributed by atoms with Gasteiger partial charge >= 0.3 is 0 Å². The molecule has 1 aromatic heterocycles. The first-order valence-electron chi connectivity index (χ1n) is 7.46. The number of hydrogen-bond acceptors (Lipinski definition) is 2. The largest absolute Gasteiger partial charge is 0.347 e. The van der Waals surface area contributed by atoms with Crippen LogP contribution in [0.1, 0.15) is 64.7 Å². The SMILES string of the molecule is CCC(NC1CCC(C(C)C)CC1)c1ncc[nH]1. The summed E-state index contributed by atoms with van der Waals surface area (Å²) >= 11 is 0. The van der Waals surface area contributed by atoms with Crippen LogP contribution in [0.5, 0.6) is 0 Å². The average molecular weight is 249 g/mol. The molecule has 1 heterocycles. The van der Waals surface area contributed by atoms with Crippen molar-refractivity contribution in [3.05, 3.63) is 18.2 Å². The highest BCUT2D eigenvalue weighted by Gasteiger charge is 2.25. The topological polar surface area (TPSA) is 40.7 Å². The molecule has 3 nitrogen and oxygen atoms in total. The van der Waals surface area contributed by atoms with Crippen molar-refractivity contribution in [3.63, 3.8) is 0 Å². The van der Waals surface area contributed by atoms with Crippen LogP contribution in [0.4, 0.5) is 0 Å². The first-order valence-corrected chi connectivity index (χ1v) is 7.46. The molecular formula is C15H27N3. The molecule has 0 saturated heterocycles. The second kappa shape index (κ2) is 6.37. The minimum atomic E-state index is 0.389. The fourth-order valence-electron chi connectivity index (χ4n) is 3.10. The molecule has 18 heavy (non-hydrogen) atoms. The Morgan fingerprint density at radius 3 is 2.56 bits per heavy atom. The molecule has 2 N–H and O–H groups in total. The third-order valence-electron chi connectivity index (χ3n) is 4.41. The van der Waals surface area contributed by atoms with Gasteiger partial charge in [-0.15, -0.1) is 0 Å². The standard InChI is InChI=1S/C15H27N3/c1-4-14(15-16-9-10-17-15)18-13-7-5-12(6-8-13)11(2)3/h9-14,18H,4-8H2,1-3H3,(H,16,17). The number of imidazole rings is 1. The molecule has 3 heteroatoms. The normalized spacial score (nSPS) is 26.4. The van der Waals surface area contributed by atoms with Crippen molar-refractivity contribution in [3.8, 4) is 0 Å². The number of aromatic amines is 1. The van der Waals surface area contributed by atoms with E-state index in [9.17, 15) is 0 Å². The molecule has 0 spiro atoms. The highest BCUT2D eigenvalue weighted by molar-refractivity contribution is 4.96. The highest BCUT2D eigenvalue weighted by atomic mass is 15.0. The number of hydrogen-bond donors (Lipinski definition) is 2. The molecule has 1 aromatic rings. The lowest BCUT2D eigenvalue weighted by Crippen LogP contribution is -2.37. The maximum atomic E-state index is 4.38. The van der Waals surface area contributed by atoms with Crippen LogP contribution >= 0.6 is 0 Å². The van der Waals surface area contributed by atoms with E-state index in [4.69, 9.17) is 0 Å². The zero-order valence-corrected chi connectivity index (χ0v) is 11.9. The van der Waals surface area contributed by atoms with Gasteiger partial charge in [0.1, 0.15) is 5.82 Å². The Morgan fingerprint density at radius 2 is 2.06 bits per heavy atom. The van der Waals surface area contributed by atoms with E-state index >= 15 is 0 Å². The number of rotatable bonds is 5. The number of nitrogens with zero attached hydrogens (tertiary/aromatic N) is 1. The minimum Gasteiger partial charge on any atom is -0.347 e. The van der Waals surface area contributed by atoms with Crippen LogP contribution in [0.15, 0.2) is 12.4 Å². The molecule has 2 rings (SSSR count). The van der Waals surface area contributed by atoms with Gasteiger partial charge in [-0.05, 0) is 43.9 Å². The molecule has 1 aliphatic carbocycles. The van der Waals surface area contributed by atoms with E-state index in [0.717, 1.165) is 24.1 Å². The maximum absolute atomic E-state index is 4.38. The zero-order valence-electron chi connectivity index (χ0n) is 11.9. The van der Waals surface area contributed by atoms with E-state index in [-0.39, 0.29) is 0 Å². The second-order valence-corrected chi connectivity index (χ2v) is 5.96. The molecule has 0 bridgehead atoms. The molecule has 0 radical (unpaired) electrons. The van der Waals surface area contributed by atoms with Gasteiger partial charge in [-0.3, -0.25) is 0 Å². The Kier molecular flexibility index (Phi) is 4.81. The fraction of sp³-hybridized carbons (Fsp3) is 0.800. The van der Waals surface area contributed by atoms with Crippen molar-refractivity contribution < 1.29 is 0 Å². The molecule has 0 aliphatic heterocycles. The van der Waals surface area contributed by atoms with Crippen LogP contribution in [0.3, 0.4) is 0 Å². The summed E-state index contributed by atoms with van der Waals surface area (Å²) in [6, 6.07) is 1.07. The molecule has 102 valence electrons. The third-order valence-corrected chi connectivity index (χ3v) is 4.41. The van der Waals surface area contributed by atoms with Gasteiger partial charge in [0, 0.05) is 18.4 Å². The minimum absolute atomic E-state index is 0.389. The number of nitrogens with one attached hydrogen (secondary N) is 2.